The number of nitrogens with one attached hydrogen (secondary N) is 2. The van der Waals surface area contributed by atoms with E-state index >= 15 is 0 Å². The molecule has 23 heavy (non-hydrogen) atoms. The van der Waals surface area contributed by atoms with E-state index in [2.05, 4.69) is 20.7 Å². The van der Waals surface area contributed by atoms with Crippen LogP contribution in [0.5, 0.6) is 0 Å². The standard InChI is InChI=1S/C16H19N5O2/c22-11-12-4-5-13(9-12)19-16(23)20-15-6-8-18-21(15)10-14-3-1-2-7-17-14/h1-8,12-13,22H,9-11H2,(H2,19,20,23)/t12-,13+/m0/s1. The molecule has 2 aromatic heterocycles. The Balaban J connectivity index is 1.57. The summed E-state index contributed by atoms with van der Waals surface area (Å²) in [5.74, 6) is 0.726. The third-order valence-electron chi connectivity index (χ3n) is 3.72. The van der Waals surface area contributed by atoms with Gasteiger partial charge in [0.05, 0.1) is 18.4 Å². The third-order valence-corrected chi connectivity index (χ3v) is 3.72. The van der Waals surface area contributed by atoms with E-state index in [0.717, 1.165) is 12.1 Å². The number of hydrogen-bond acceptors (Lipinski definition) is 4. The number of carbonyl (C=O) groups is 1. The number of anilines is 1. The highest BCUT2D eigenvalue weighted by Crippen LogP contribution is 2.17. The zero-order valence-electron chi connectivity index (χ0n) is 12.6. The van der Waals surface area contributed by atoms with Gasteiger partial charge in [0.15, 0.2) is 0 Å². The number of aromatic nitrogens is 3. The molecule has 0 bridgehead atoms. The monoisotopic (exact) mass is 313 g/mol. The lowest BCUT2D eigenvalue weighted by Crippen LogP contribution is -2.36. The Morgan fingerprint density at radius 1 is 1.30 bits per heavy atom. The lowest BCUT2D eigenvalue weighted by molar-refractivity contribution is 0.238. The molecule has 2 aromatic rings. The predicted molar refractivity (Wildman–Crippen MR) is 85.8 cm³/mol. The van der Waals surface area contributed by atoms with Gasteiger partial charge in [-0.15, -0.1) is 0 Å². The lowest BCUT2D eigenvalue weighted by Gasteiger charge is -2.14. The molecule has 1 aliphatic rings. The Morgan fingerprint density at radius 3 is 2.96 bits per heavy atom. The first kappa shape index (κ1) is 15.2. The second-order valence-electron chi connectivity index (χ2n) is 5.46. The van der Waals surface area contributed by atoms with E-state index in [1.807, 2.05) is 30.4 Å². The molecule has 2 heterocycles. The van der Waals surface area contributed by atoms with Crippen molar-refractivity contribution in [2.24, 2.45) is 5.92 Å². The van der Waals surface area contributed by atoms with Gasteiger partial charge in [-0.1, -0.05) is 18.2 Å². The summed E-state index contributed by atoms with van der Waals surface area (Å²) in [7, 11) is 0. The van der Waals surface area contributed by atoms with Crippen molar-refractivity contribution in [3.05, 3.63) is 54.5 Å². The van der Waals surface area contributed by atoms with Gasteiger partial charge in [0.2, 0.25) is 0 Å². The van der Waals surface area contributed by atoms with Gasteiger partial charge >= 0.3 is 6.03 Å². The van der Waals surface area contributed by atoms with E-state index in [1.54, 1.807) is 23.1 Å². The van der Waals surface area contributed by atoms with Crippen LogP contribution in [0.4, 0.5) is 10.6 Å². The minimum Gasteiger partial charge on any atom is -0.396 e. The van der Waals surface area contributed by atoms with E-state index in [0.29, 0.717) is 12.4 Å². The van der Waals surface area contributed by atoms with Crippen molar-refractivity contribution in [1.29, 1.82) is 0 Å². The number of rotatable bonds is 5. The lowest BCUT2D eigenvalue weighted by atomic mass is 10.1. The third kappa shape index (κ3) is 3.95. The molecule has 0 aliphatic heterocycles. The maximum Gasteiger partial charge on any atom is 0.320 e. The molecule has 2 atom stereocenters. The van der Waals surface area contributed by atoms with Gasteiger partial charge in [-0.05, 0) is 18.6 Å². The Bertz CT molecular complexity index is 683. The van der Waals surface area contributed by atoms with Crippen molar-refractivity contribution in [1.82, 2.24) is 20.1 Å². The molecule has 0 fully saturated rings. The maximum absolute atomic E-state index is 12.1. The molecular formula is C16H19N5O2. The molecule has 0 aromatic carbocycles. The summed E-state index contributed by atoms with van der Waals surface area (Å²) in [5, 5.41) is 19.0. The highest BCUT2D eigenvalue weighted by atomic mass is 16.3. The molecule has 0 unspecified atom stereocenters. The van der Waals surface area contributed by atoms with Crippen molar-refractivity contribution in [3.8, 4) is 0 Å². The molecule has 0 saturated carbocycles. The first-order chi connectivity index (χ1) is 11.2. The van der Waals surface area contributed by atoms with Gasteiger partial charge < -0.3 is 10.4 Å². The second kappa shape index (κ2) is 7.06. The van der Waals surface area contributed by atoms with E-state index in [-0.39, 0.29) is 24.6 Å². The highest BCUT2D eigenvalue weighted by molar-refractivity contribution is 5.88. The van der Waals surface area contributed by atoms with Crippen LogP contribution in [0.2, 0.25) is 0 Å². The van der Waals surface area contributed by atoms with Crippen LogP contribution in [0.3, 0.4) is 0 Å². The average molecular weight is 313 g/mol. The fourth-order valence-electron chi connectivity index (χ4n) is 2.55. The number of nitrogens with zero attached hydrogens (tertiary/aromatic N) is 3. The number of carbonyl (C=O) groups excluding carboxylic acids is 1. The van der Waals surface area contributed by atoms with Crippen LogP contribution >= 0.6 is 0 Å². The Morgan fingerprint density at radius 2 is 2.22 bits per heavy atom. The second-order valence-corrected chi connectivity index (χ2v) is 5.46. The molecule has 120 valence electrons. The number of hydrogen-bond donors (Lipinski definition) is 3. The molecule has 1 aliphatic carbocycles. The Hall–Kier alpha value is -2.67. The summed E-state index contributed by atoms with van der Waals surface area (Å²) in [4.78, 5) is 16.3. The van der Waals surface area contributed by atoms with Gasteiger partial charge in [0.1, 0.15) is 5.82 Å². The van der Waals surface area contributed by atoms with Crippen LogP contribution in [0.15, 0.2) is 48.8 Å². The summed E-state index contributed by atoms with van der Waals surface area (Å²) in [5.41, 5.74) is 0.865. The van der Waals surface area contributed by atoms with Crippen LogP contribution in [0.25, 0.3) is 0 Å². The largest absolute Gasteiger partial charge is 0.396 e. The number of aliphatic hydroxyl groups is 1. The number of amides is 2. The van der Waals surface area contributed by atoms with Gasteiger partial charge in [0, 0.05) is 30.8 Å². The van der Waals surface area contributed by atoms with Crippen LogP contribution in [-0.2, 0) is 6.54 Å². The van der Waals surface area contributed by atoms with Crippen LogP contribution in [0, 0.1) is 5.92 Å². The topological polar surface area (TPSA) is 92.1 Å². The maximum atomic E-state index is 12.1. The summed E-state index contributed by atoms with van der Waals surface area (Å²) < 4.78 is 1.68. The zero-order valence-corrected chi connectivity index (χ0v) is 12.6. The van der Waals surface area contributed by atoms with Crippen molar-refractivity contribution in [2.75, 3.05) is 11.9 Å². The van der Waals surface area contributed by atoms with Gasteiger partial charge in [-0.3, -0.25) is 10.3 Å². The quantitative estimate of drug-likeness (QED) is 0.727. The van der Waals surface area contributed by atoms with Gasteiger partial charge in [-0.2, -0.15) is 5.10 Å². The smallest absolute Gasteiger partial charge is 0.320 e. The molecule has 0 radical (unpaired) electrons. The van der Waals surface area contributed by atoms with Crippen molar-refractivity contribution in [2.45, 2.75) is 19.0 Å². The number of pyridine rings is 1. The molecule has 3 rings (SSSR count). The van der Waals surface area contributed by atoms with E-state index in [9.17, 15) is 4.79 Å². The summed E-state index contributed by atoms with van der Waals surface area (Å²) >= 11 is 0. The van der Waals surface area contributed by atoms with Crippen molar-refractivity contribution < 1.29 is 9.90 Å². The number of aliphatic hydroxyl groups excluding tert-OH is 1. The molecule has 2 amide bonds. The van der Waals surface area contributed by atoms with Gasteiger partial charge in [-0.25, -0.2) is 9.48 Å². The first-order valence-corrected chi connectivity index (χ1v) is 7.53. The van der Waals surface area contributed by atoms with E-state index in [1.165, 1.54) is 0 Å². The van der Waals surface area contributed by atoms with Gasteiger partial charge in [0.25, 0.3) is 0 Å². The minimum atomic E-state index is -0.291. The molecule has 0 spiro atoms. The van der Waals surface area contributed by atoms with E-state index < -0.39 is 0 Å². The predicted octanol–water partition coefficient (Wildman–Crippen LogP) is 1.38. The van der Waals surface area contributed by atoms with Crippen LogP contribution < -0.4 is 10.6 Å². The molecular weight excluding hydrogens is 294 g/mol. The normalized spacial score (nSPS) is 19.7. The minimum absolute atomic E-state index is 0.0562. The molecule has 7 heteroatoms. The van der Waals surface area contributed by atoms with E-state index in [4.69, 9.17) is 5.11 Å². The average Bonchev–Trinajstić information content (AvgIpc) is 3.18. The summed E-state index contributed by atoms with van der Waals surface area (Å²) in [6, 6.07) is 7.07. The zero-order chi connectivity index (χ0) is 16.1. The summed E-state index contributed by atoms with van der Waals surface area (Å²) in [6.07, 6.45) is 7.91. The number of urea groups is 1. The first-order valence-electron chi connectivity index (χ1n) is 7.53. The summed E-state index contributed by atoms with van der Waals surface area (Å²) in [6.45, 7) is 0.590. The van der Waals surface area contributed by atoms with Crippen molar-refractivity contribution in [3.63, 3.8) is 0 Å². The fraction of sp³-hybridized carbons (Fsp3) is 0.312. The van der Waals surface area contributed by atoms with Crippen LogP contribution in [0.1, 0.15) is 12.1 Å². The van der Waals surface area contributed by atoms with Crippen LogP contribution in [-0.4, -0.2) is 38.6 Å². The SMILES string of the molecule is O=C(Nc1ccnn1Cc1ccccn1)N[C@@H]1C=C[C@H](CO)C1. The molecule has 7 nitrogen and oxygen atoms in total. The van der Waals surface area contributed by atoms with Crippen molar-refractivity contribution >= 4 is 11.8 Å². The molecule has 0 saturated heterocycles. The Labute approximate surface area is 134 Å². The fourth-order valence-corrected chi connectivity index (χ4v) is 2.55. The molecule has 3 N–H and O–H groups in total. The Kier molecular flexibility index (Phi) is 4.68. The highest BCUT2D eigenvalue weighted by Gasteiger charge is 2.20.